The number of hydrogen-bond donors (Lipinski definition) is 1. The molecule has 1 aliphatic heterocycles. The topological polar surface area (TPSA) is 21.3 Å². The molecule has 3 rings (SSSR count). The highest BCUT2D eigenvalue weighted by atomic mass is 16.5. The maximum absolute atomic E-state index is 5.96. The van der Waals surface area contributed by atoms with Gasteiger partial charge in [0.1, 0.15) is 5.75 Å². The van der Waals surface area contributed by atoms with E-state index in [1.165, 1.54) is 30.4 Å². The first-order valence-corrected chi connectivity index (χ1v) is 6.89. The first kappa shape index (κ1) is 11.1. The second-order valence-corrected chi connectivity index (χ2v) is 5.17. The summed E-state index contributed by atoms with van der Waals surface area (Å²) < 4.78 is 5.96. The zero-order chi connectivity index (χ0) is 11.7. The molecule has 1 saturated carbocycles. The molecule has 1 aliphatic carbocycles. The highest BCUT2D eigenvalue weighted by Crippen LogP contribution is 2.36. The van der Waals surface area contributed by atoms with Gasteiger partial charge in [-0.05, 0) is 37.7 Å². The van der Waals surface area contributed by atoms with Gasteiger partial charge in [-0.2, -0.15) is 0 Å². The SMILES string of the molecule is CCc1cccc2c1OCCCC2NC1CC1. The Morgan fingerprint density at radius 1 is 1.29 bits per heavy atom. The fourth-order valence-electron chi connectivity index (χ4n) is 2.66. The molecule has 0 radical (unpaired) electrons. The molecule has 0 aromatic heterocycles. The summed E-state index contributed by atoms with van der Waals surface area (Å²) in [5.41, 5.74) is 2.74. The Morgan fingerprint density at radius 3 is 2.94 bits per heavy atom. The van der Waals surface area contributed by atoms with Crippen molar-refractivity contribution >= 4 is 0 Å². The molecule has 2 nitrogen and oxygen atoms in total. The molecule has 1 N–H and O–H groups in total. The average Bonchev–Trinajstić information content (AvgIpc) is 3.17. The summed E-state index contributed by atoms with van der Waals surface area (Å²) in [6.45, 7) is 3.07. The normalized spacial score (nSPS) is 23.7. The van der Waals surface area contributed by atoms with E-state index < -0.39 is 0 Å². The van der Waals surface area contributed by atoms with Crippen LogP contribution >= 0.6 is 0 Å². The van der Waals surface area contributed by atoms with Crippen LogP contribution in [0.4, 0.5) is 0 Å². The van der Waals surface area contributed by atoms with E-state index in [1.807, 2.05) is 0 Å². The molecule has 92 valence electrons. The van der Waals surface area contributed by atoms with Crippen LogP contribution in [-0.2, 0) is 6.42 Å². The average molecular weight is 231 g/mol. The van der Waals surface area contributed by atoms with E-state index in [0.29, 0.717) is 6.04 Å². The van der Waals surface area contributed by atoms with Crippen LogP contribution in [0.25, 0.3) is 0 Å². The van der Waals surface area contributed by atoms with Gasteiger partial charge in [0.15, 0.2) is 0 Å². The van der Waals surface area contributed by atoms with E-state index in [-0.39, 0.29) is 0 Å². The van der Waals surface area contributed by atoms with E-state index in [1.54, 1.807) is 0 Å². The summed E-state index contributed by atoms with van der Waals surface area (Å²) >= 11 is 0. The summed E-state index contributed by atoms with van der Waals surface area (Å²) in [5.74, 6) is 1.16. The van der Waals surface area contributed by atoms with Crippen LogP contribution in [0.2, 0.25) is 0 Å². The van der Waals surface area contributed by atoms with E-state index in [4.69, 9.17) is 4.74 Å². The lowest BCUT2D eigenvalue weighted by atomic mass is 9.98. The van der Waals surface area contributed by atoms with Crippen LogP contribution in [0.3, 0.4) is 0 Å². The van der Waals surface area contributed by atoms with Crippen molar-refractivity contribution in [3.8, 4) is 5.75 Å². The fourth-order valence-corrected chi connectivity index (χ4v) is 2.66. The van der Waals surface area contributed by atoms with Crippen LogP contribution in [-0.4, -0.2) is 12.6 Å². The molecule has 1 aromatic rings. The van der Waals surface area contributed by atoms with Gasteiger partial charge in [0, 0.05) is 17.6 Å². The maximum Gasteiger partial charge on any atom is 0.127 e. The third-order valence-corrected chi connectivity index (χ3v) is 3.78. The molecule has 17 heavy (non-hydrogen) atoms. The fraction of sp³-hybridized carbons (Fsp3) is 0.600. The van der Waals surface area contributed by atoms with Gasteiger partial charge in [-0.25, -0.2) is 0 Å². The smallest absolute Gasteiger partial charge is 0.127 e. The minimum atomic E-state index is 0.506. The summed E-state index contributed by atoms with van der Waals surface area (Å²) in [5, 5.41) is 3.76. The largest absolute Gasteiger partial charge is 0.493 e. The van der Waals surface area contributed by atoms with E-state index in [9.17, 15) is 0 Å². The van der Waals surface area contributed by atoms with Gasteiger partial charge < -0.3 is 10.1 Å². The van der Waals surface area contributed by atoms with Crippen molar-refractivity contribution in [2.75, 3.05) is 6.61 Å². The molecule has 1 fully saturated rings. The third kappa shape index (κ3) is 2.32. The second kappa shape index (κ2) is 4.69. The molecule has 1 aromatic carbocycles. The van der Waals surface area contributed by atoms with Crippen molar-refractivity contribution in [2.45, 2.75) is 51.1 Å². The first-order chi connectivity index (χ1) is 8.38. The highest BCUT2D eigenvalue weighted by Gasteiger charge is 2.28. The van der Waals surface area contributed by atoms with Crippen LogP contribution in [0.5, 0.6) is 5.75 Å². The molecule has 0 bridgehead atoms. The van der Waals surface area contributed by atoms with Crippen molar-refractivity contribution in [1.29, 1.82) is 0 Å². The minimum Gasteiger partial charge on any atom is -0.493 e. The standard InChI is InChI=1S/C15H21NO/c1-2-11-5-3-6-13-14(16-12-8-9-12)7-4-10-17-15(11)13/h3,5-6,12,14,16H,2,4,7-10H2,1H3. The van der Waals surface area contributed by atoms with Crippen LogP contribution in [0.15, 0.2) is 18.2 Å². The Hall–Kier alpha value is -1.02. The molecule has 1 heterocycles. The second-order valence-electron chi connectivity index (χ2n) is 5.17. The minimum absolute atomic E-state index is 0.506. The number of nitrogens with one attached hydrogen (secondary N) is 1. The number of hydrogen-bond acceptors (Lipinski definition) is 2. The number of para-hydroxylation sites is 1. The van der Waals surface area contributed by atoms with E-state index in [0.717, 1.165) is 31.2 Å². The van der Waals surface area contributed by atoms with Gasteiger partial charge in [-0.3, -0.25) is 0 Å². The lowest BCUT2D eigenvalue weighted by Gasteiger charge is -2.19. The predicted octanol–water partition coefficient (Wildman–Crippen LogP) is 3.21. The van der Waals surface area contributed by atoms with Crippen LogP contribution in [0, 0.1) is 0 Å². The molecular formula is C15H21NO. The Balaban J connectivity index is 1.93. The van der Waals surface area contributed by atoms with Crippen LogP contribution < -0.4 is 10.1 Å². The Morgan fingerprint density at radius 2 is 2.18 bits per heavy atom. The van der Waals surface area contributed by atoms with Crippen molar-refractivity contribution in [3.05, 3.63) is 29.3 Å². The lowest BCUT2D eigenvalue weighted by Crippen LogP contribution is -2.23. The summed E-state index contributed by atoms with van der Waals surface area (Å²) in [6.07, 6.45) is 6.11. The van der Waals surface area contributed by atoms with Crippen molar-refractivity contribution in [1.82, 2.24) is 5.32 Å². The van der Waals surface area contributed by atoms with Gasteiger partial charge in [-0.1, -0.05) is 25.1 Å². The molecule has 2 heteroatoms. The van der Waals surface area contributed by atoms with Gasteiger partial charge in [0.2, 0.25) is 0 Å². The Labute approximate surface area is 103 Å². The van der Waals surface area contributed by atoms with Crippen LogP contribution in [0.1, 0.15) is 49.8 Å². The lowest BCUT2D eigenvalue weighted by molar-refractivity contribution is 0.312. The molecule has 1 unspecified atom stereocenters. The van der Waals surface area contributed by atoms with Gasteiger partial charge in [-0.15, -0.1) is 0 Å². The maximum atomic E-state index is 5.96. The zero-order valence-corrected chi connectivity index (χ0v) is 10.5. The molecule has 1 atom stereocenters. The predicted molar refractivity (Wildman–Crippen MR) is 69.4 cm³/mol. The summed E-state index contributed by atoms with van der Waals surface area (Å²) in [6, 6.07) is 7.87. The molecule has 0 amide bonds. The quantitative estimate of drug-likeness (QED) is 0.862. The van der Waals surface area contributed by atoms with Crippen molar-refractivity contribution in [2.24, 2.45) is 0 Å². The van der Waals surface area contributed by atoms with Gasteiger partial charge in [0.05, 0.1) is 6.61 Å². The number of aryl methyl sites for hydroxylation is 1. The van der Waals surface area contributed by atoms with Crippen molar-refractivity contribution in [3.63, 3.8) is 0 Å². The van der Waals surface area contributed by atoms with Gasteiger partial charge in [0.25, 0.3) is 0 Å². The molecule has 2 aliphatic rings. The Bertz CT molecular complexity index is 398. The van der Waals surface area contributed by atoms with Gasteiger partial charge >= 0.3 is 0 Å². The number of ether oxygens (including phenoxy) is 1. The number of fused-ring (bicyclic) bond motifs is 1. The molecule has 0 spiro atoms. The molecular weight excluding hydrogens is 210 g/mol. The molecule has 0 saturated heterocycles. The number of benzene rings is 1. The number of rotatable bonds is 3. The van der Waals surface area contributed by atoms with E-state index >= 15 is 0 Å². The van der Waals surface area contributed by atoms with E-state index in [2.05, 4.69) is 30.4 Å². The summed E-state index contributed by atoms with van der Waals surface area (Å²) in [7, 11) is 0. The monoisotopic (exact) mass is 231 g/mol. The Kier molecular flexibility index (Phi) is 3.06. The first-order valence-electron chi connectivity index (χ1n) is 6.89. The third-order valence-electron chi connectivity index (χ3n) is 3.78. The highest BCUT2D eigenvalue weighted by molar-refractivity contribution is 5.44. The summed E-state index contributed by atoms with van der Waals surface area (Å²) in [4.78, 5) is 0. The zero-order valence-electron chi connectivity index (χ0n) is 10.5. The van der Waals surface area contributed by atoms with Crippen molar-refractivity contribution < 1.29 is 4.74 Å².